The van der Waals surface area contributed by atoms with Crippen LogP contribution in [-0.4, -0.2) is 36.0 Å². The zero-order valence-corrected chi connectivity index (χ0v) is 13.8. The van der Waals surface area contributed by atoms with Crippen molar-refractivity contribution in [3.63, 3.8) is 0 Å². The van der Waals surface area contributed by atoms with Crippen LogP contribution in [-0.2, 0) is 14.4 Å². The number of aliphatic carboxylic acids is 1. The second-order valence-corrected chi connectivity index (χ2v) is 6.07. The maximum atomic E-state index is 13.8. The Hall–Kier alpha value is -2.51. The van der Waals surface area contributed by atoms with Gasteiger partial charge in [0.25, 0.3) is 0 Å². The Kier molecular flexibility index (Phi) is 6.06. The molecule has 1 aliphatic rings. The summed E-state index contributed by atoms with van der Waals surface area (Å²) in [5, 5.41) is 11.6. The zero-order chi connectivity index (χ0) is 18.6. The lowest BCUT2D eigenvalue weighted by molar-refractivity contribution is -0.142. The van der Waals surface area contributed by atoms with E-state index in [9.17, 15) is 23.2 Å². The number of carbonyl (C=O) groups is 3. The van der Waals surface area contributed by atoms with Crippen LogP contribution in [0.3, 0.4) is 0 Å². The van der Waals surface area contributed by atoms with Gasteiger partial charge in [-0.1, -0.05) is 13.3 Å². The van der Waals surface area contributed by atoms with Gasteiger partial charge in [-0.3, -0.25) is 14.4 Å². The molecule has 0 aromatic heterocycles. The minimum absolute atomic E-state index is 0.0163. The first-order valence-electron chi connectivity index (χ1n) is 8.09. The molecule has 0 bridgehead atoms. The predicted octanol–water partition coefficient (Wildman–Crippen LogP) is 1.93. The number of anilines is 1. The summed E-state index contributed by atoms with van der Waals surface area (Å²) in [4.78, 5) is 36.5. The van der Waals surface area contributed by atoms with Crippen molar-refractivity contribution < 1.29 is 28.3 Å². The van der Waals surface area contributed by atoms with Crippen molar-refractivity contribution >= 4 is 23.5 Å². The lowest BCUT2D eigenvalue weighted by Crippen LogP contribution is -2.37. The van der Waals surface area contributed by atoms with Gasteiger partial charge in [0.15, 0.2) is 0 Å². The highest BCUT2D eigenvalue weighted by Gasteiger charge is 2.36. The fourth-order valence-electron chi connectivity index (χ4n) is 2.85. The third-order valence-electron chi connectivity index (χ3n) is 4.21. The van der Waals surface area contributed by atoms with Gasteiger partial charge < -0.3 is 15.3 Å². The number of carboxylic acids is 1. The Bertz CT molecular complexity index is 681. The summed E-state index contributed by atoms with van der Waals surface area (Å²) >= 11 is 0. The van der Waals surface area contributed by atoms with Crippen LogP contribution in [0.25, 0.3) is 0 Å². The average molecular weight is 354 g/mol. The Labute approximate surface area is 143 Å². The van der Waals surface area contributed by atoms with Gasteiger partial charge in [0.1, 0.15) is 11.6 Å². The monoisotopic (exact) mass is 354 g/mol. The van der Waals surface area contributed by atoms with Crippen LogP contribution >= 0.6 is 0 Å². The molecule has 2 unspecified atom stereocenters. The van der Waals surface area contributed by atoms with Crippen molar-refractivity contribution in [2.75, 3.05) is 18.0 Å². The largest absolute Gasteiger partial charge is 0.481 e. The molecule has 1 aliphatic heterocycles. The molecular weight excluding hydrogens is 334 g/mol. The molecule has 136 valence electrons. The van der Waals surface area contributed by atoms with Gasteiger partial charge >= 0.3 is 5.97 Å². The molecule has 8 heteroatoms. The van der Waals surface area contributed by atoms with Gasteiger partial charge in [0, 0.05) is 25.6 Å². The topological polar surface area (TPSA) is 86.7 Å². The Morgan fingerprint density at radius 3 is 2.72 bits per heavy atom. The second kappa shape index (κ2) is 8.04. The van der Waals surface area contributed by atoms with E-state index in [0.717, 1.165) is 17.0 Å². The number of nitrogens with one attached hydrogen (secondary N) is 1. The molecule has 2 amide bonds. The molecule has 0 aliphatic carbocycles. The van der Waals surface area contributed by atoms with Gasteiger partial charge in [-0.05, 0) is 18.6 Å². The van der Waals surface area contributed by atoms with Crippen LogP contribution in [0.4, 0.5) is 14.5 Å². The molecule has 1 heterocycles. The average Bonchev–Trinajstić information content (AvgIpc) is 2.92. The molecule has 2 N–H and O–H groups in total. The van der Waals surface area contributed by atoms with Crippen molar-refractivity contribution in [1.82, 2.24) is 5.32 Å². The molecule has 1 aromatic rings. The molecule has 2 atom stereocenters. The van der Waals surface area contributed by atoms with E-state index in [4.69, 9.17) is 5.11 Å². The van der Waals surface area contributed by atoms with Gasteiger partial charge in [-0.2, -0.15) is 0 Å². The Balaban J connectivity index is 1.99. The number of amides is 2. The Morgan fingerprint density at radius 1 is 1.40 bits per heavy atom. The molecule has 0 saturated carbocycles. The maximum Gasteiger partial charge on any atom is 0.308 e. The highest BCUT2D eigenvalue weighted by molar-refractivity contribution is 6.00. The predicted molar refractivity (Wildman–Crippen MR) is 85.9 cm³/mol. The summed E-state index contributed by atoms with van der Waals surface area (Å²) in [7, 11) is 0. The van der Waals surface area contributed by atoms with Crippen molar-refractivity contribution in [2.45, 2.75) is 26.2 Å². The first-order chi connectivity index (χ1) is 11.8. The van der Waals surface area contributed by atoms with Gasteiger partial charge in [0.2, 0.25) is 11.8 Å². The summed E-state index contributed by atoms with van der Waals surface area (Å²) in [6.45, 7) is 1.80. The van der Waals surface area contributed by atoms with Crippen LogP contribution in [0.5, 0.6) is 0 Å². The molecule has 1 saturated heterocycles. The van der Waals surface area contributed by atoms with Crippen LogP contribution < -0.4 is 10.2 Å². The molecular formula is C17H20F2N2O4. The summed E-state index contributed by atoms with van der Waals surface area (Å²) in [5.74, 6) is -4.87. The number of carboxylic acid groups (broad SMARTS) is 1. The minimum atomic E-state index is -0.986. The fraction of sp³-hybridized carbons (Fsp3) is 0.471. The van der Waals surface area contributed by atoms with Crippen LogP contribution in [0.1, 0.15) is 26.2 Å². The molecule has 25 heavy (non-hydrogen) atoms. The quantitative estimate of drug-likeness (QED) is 0.783. The second-order valence-electron chi connectivity index (χ2n) is 6.07. The van der Waals surface area contributed by atoms with Crippen molar-refractivity contribution in [3.8, 4) is 0 Å². The number of benzene rings is 1. The molecule has 0 radical (unpaired) electrons. The summed E-state index contributed by atoms with van der Waals surface area (Å²) < 4.78 is 26.8. The smallest absolute Gasteiger partial charge is 0.308 e. The molecule has 2 rings (SSSR count). The van der Waals surface area contributed by atoms with E-state index < -0.39 is 41.3 Å². The van der Waals surface area contributed by atoms with E-state index in [1.807, 2.05) is 6.92 Å². The van der Waals surface area contributed by atoms with Crippen molar-refractivity contribution in [3.05, 3.63) is 29.8 Å². The van der Waals surface area contributed by atoms with Crippen molar-refractivity contribution in [2.24, 2.45) is 11.8 Å². The summed E-state index contributed by atoms with van der Waals surface area (Å²) in [6.07, 6.45) is 1.01. The van der Waals surface area contributed by atoms with E-state index in [1.165, 1.54) is 0 Å². The molecule has 1 aromatic carbocycles. The van der Waals surface area contributed by atoms with Crippen LogP contribution in [0, 0.1) is 23.5 Å². The molecule has 0 spiro atoms. The number of nitrogens with zero attached hydrogens (tertiary/aromatic N) is 1. The number of carbonyl (C=O) groups excluding carboxylic acids is 2. The van der Waals surface area contributed by atoms with Crippen molar-refractivity contribution in [1.29, 1.82) is 0 Å². The summed E-state index contributed by atoms with van der Waals surface area (Å²) in [6, 6.07) is 2.88. The Morgan fingerprint density at radius 2 is 2.12 bits per heavy atom. The van der Waals surface area contributed by atoms with Gasteiger partial charge in [-0.25, -0.2) is 8.78 Å². The number of hydrogen-bond acceptors (Lipinski definition) is 3. The third kappa shape index (κ3) is 4.52. The first-order valence-corrected chi connectivity index (χ1v) is 8.09. The maximum absolute atomic E-state index is 13.8. The SMILES string of the molecule is CCCC(CNC(=O)C1CC(=O)N(c2ccc(F)cc2F)C1)C(=O)O. The number of halogens is 2. The van der Waals surface area contributed by atoms with Crippen LogP contribution in [0.15, 0.2) is 18.2 Å². The lowest BCUT2D eigenvalue weighted by atomic mass is 10.0. The first kappa shape index (κ1) is 18.8. The molecule has 6 nitrogen and oxygen atoms in total. The number of rotatable bonds is 7. The van der Waals surface area contributed by atoms with E-state index in [2.05, 4.69) is 5.32 Å². The highest BCUT2D eigenvalue weighted by atomic mass is 19.1. The number of hydrogen-bond donors (Lipinski definition) is 2. The fourth-order valence-corrected chi connectivity index (χ4v) is 2.85. The van der Waals surface area contributed by atoms with Gasteiger partial charge in [-0.15, -0.1) is 0 Å². The van der Waals surface area contributed by atoms with E-state index in [-0.39, 0.29) is 25.2 Å². The van der Waals surface area contributed by atoms with Crippen LogP contribution in [0.2, 0.25) is 0 Å². The van der Waals surface area contributed by atoms with E-state index in [1.54, 1.807) is 0 Å². The van der Waals surface area contributed by atoms with Gasteiger partial charge in [0.05, 0.1) is 17.5 Å². The van der Waals surface area contributed by atoms with E-state index >= 15 is 0 Å². The standard InChI is InChI=1S/C17H20F2N2O4/c1-2-3-10(17(24)25)8-20-16(23)11-6-15(22)21(9-11)14-5-4-12(18)7-13(14)19/h4-5,7,10-11H,2-3,6,8-9H2,1H3,(H,20,23)(H,24,25). The zero-order valence-electron chi connectivity index (χ0n) is 13.8. The minimum Gasteiger partial charge on any atom is -0.481 e. The third-order valence-corrected chi connectivity index (χ3v) is 4.21. The lowest BCUT2D eigenvalue weighted by Gasteiger charge is -2.18. The normalized spacial score (nSPS) is 18.3. The molecule has 1 fully saturated rings. The summed E-state index contributed by atoms with van der Waals surface area (Å²) in [5.41, 5.74) is -0.0731. The highest BCUT2D eigenvalue weighted by Crippen LogP contribution is 2.28. The van der Waals surface area contributed by atoms with E-state index in [0.29, 0.717) is 18.9 Å².